The first kappa shape index (κ1) is 26.2. The normalized spacial score (nSPS) is 18.1. The van der Waals surface area contributed by atoms with Gasteiger partial charge in [0, 0.05) is 16.5 Å². The van der Waals surface area contributed by atoms with Crippen molar-refractivity contribution in [1.29, 1.82) is 0 Å². The summed E-state index contributed by atoms with van der Waals surface area (Å²) in [4.78, 5) is 9.55. The van der Waals surface area contributed by atoms with Crippen molar-refractivity contribution in [3.05, 3.63) is 58.9 Å². The molecule has 32 heavy (non-hydrogen) atoms. The third kappa shape index (κ3) is 6.48. The van der Waals surface area contributed by atoms with Crippen LogP contribution >= 0.6 is 36.4 Å². The maximum absolute atomic E-state index is 5.98. The fourth-order valence-corrected chi connectivity index (χ4v) is 4.04. The van der Waals surface area contributed by atoms with Crippen molar-refractivity contribution < 1.29 is 4.74 Å². The molecule has 8 heteroatoms. The Morgan fingerprint density at radius 1 is 1.03 bits per heavy atom. The van der Waals surface area contributed by atoms with Gasteiger partial charge in [-0.1, -0.05) is 29.8 Å². The Labute approximate surface area is 206 Å². The molecule has 1 heterocycles. The molecule has 3 N–H and O–H groups in total. The SMILES string of the molecule is COc1ccc2nc(C=Cc3ccc(Cl)cc3)nc(NC3CCC(CN)CC3)c2c1.Cl.Cl. The predicted octanol–water partition coefficient (Wildman–Crippen LogP) is 6.24. The van der Waals surface area contributed by atoms with Crippen LogP contribution < -0.4 is 15.8 Å². The standard InChI is InChI=1S/C24H27ClN4O.2ClH/c1-30-20-11-12-22-21(14-20)24(27-19-9-4-17(15-26)5-10-19)29-23(28-22)13-6-16-2-7-18(25)8-3-16;;/h2-3,6-8,11-14,17,19H,4-5,9-10,15,26H2,1H3,(H,27,28,29);2*1H. The van der Waals surface area contributed by atoms with E-state index in [9.17, 15) is 0 Å². The summed E-state index contributed by atoms with van der Waals surface area (Å²) in [6.07, 6.45) is 8.45. The van der Waals surface area contributed by atoms with E-state index in [1.54, 1.807) is 7.11 Å². The molecule has 0 amide bonds. The molecule has 0 spiro atoms. The highest BCUT2D eigenvalue weighted by Gasteiger charge is 2.21. The van der Waals surface area contributed by atoms with Crippen LogP contribution in [-0.4, -0.2) is 29.7 Å². The fourth-order valence-electron chi connectivity index (χ4n) is 3.92. The third-order valence-electron chi connectivity index (χ3n) is 5.74. The average molecular weight is 496 g/mol. The molecule has 1 aliphatic carbocycles. The van der Waals surface area contributed by atoms with E-state index in [2.05, 4.69) is 5.32 Å². The first-order valence-electron chi connectivity index (χ1n) is 10.4. The maximum Gasteiger partial charge on any atom is 0.154 e. The quantitative estimate of drug-likeness (QED) is 0.424. The smallest absolute Gasteiger partial charge is 0.154 e. The number of nitrogens with two attached hydrogens (primary N) is 1. The van der Waals surface area contributed by atoms with Crippen LogP contribution in [0.3, 0.4) is 0 Å². The first-order valence-corrected chi connectivity index (χ1v) is 10.8. The van der Waals surface area contributed by atoms with Crippen LogP contribution in [0.2, 0.25) is 5.02 Å². The Hall–Kier alpha value is -2.05. The number of ether oxygens (including phenoxy) is 1. The summed E-state index contributed by atoms with van der Waals surface area (Å²) in [5.74, 6) is 2.96. The Balaban J connectivity index is 0.00000181. The largest absolute Gasteiger partial charge is 0.497 e. The average Bonchev–Trinajstić information content (AvgIpc) is 2.79. The number of hydrogen-bond donors (Lipinski definition) is 2. The van der Waals surface area contributed by atoms with Crippen LogP contribution in [-0.2, 0) is 0 Å². The molecule has 0 bridgehead atoms. The molecule has 1 aliphatic rings. The lowest BCUT2D eigenvalue weighted by Crippen LogP contribution is -2.29. The van der Waals surface area contributed by atoms with E-state index in [-0.39, 0.29) is 24.8 Å². The number of hydrogen-bond acceptors (Lipinski definition) is 5. The minimum Gasteiger partial charge on any atom is -0.497 e. The lowest BCUT2D eigenvalue weighted by Gasteiger charge is -2.29. The van der Waals surface area contributed by atoms with Crippen LogP contribution in [0.5, 0.6) is 5.75 Å². The van der Waals surface area contributed by atoms with Gasteiger partial charge in [0.25, 0.3) is 0 Å². The zero-order chi connectivity index (χ0) is 20.9. The number of rotatable bonds is 6. The Bertz CT molecular complexity index is 1040. The third-order valence-corrected chi connectivity index (χ3v) is 5.99. The molecule has 5 nitrogen and oxygen atoms in total. The first-order chi connectivity index (χ1) is 14.6. The molecule has 0 aliphatic heterocycles. The van der Waals surface area contributed by atoms with Crippen molar-refractivity contribution in [2.45, 2.75) is 31.7 Å². The molecule has 2 aromatic carbocycles. The highest BCUT2D eigenvalue weighted by Crippen LogP contribution is 2.30. The minimum absolute atomic E-state index is 0. The van der Waals surface area contributed by atoms with E-state index in [4.69, 9.17) is 32.0 Å². The Morgan fingerprint density at radius 2 is 1.75 bits per heavy atom. The summed E-state index contributed by atoms with van der Waals surface area (Å²) in [6.45, 7) is 0.778. The summed E-state index contributed by atoms with van der Waals surface area (Å²) >= 11 is 5.98. The fraction of sp³-hybridized carbons (Fsp3) is 0.333. The number of benzene rings is 2. The molecule has 0 radical (unpaired) electrons. The lowest BCUT2D eigenvalue weighted by molar-refractivity contribution is 0.344. The second-order valence-electron chi connectivity index (χ2n) is 7.80. The molecule has 0 atom stereocenters. The molecule has 172 valence electrons. The van der Waals surface area contributed by atoms with Crippen molar-refractivity contribution in [2.24, 2.45) is 11.7 Å². The van der Waals surface area contributed by atoms with Gasteiger partial charge in [-0.25, -0.2) is 9.97 Å². The molecule has 0 saturated heterocycles. The van der Waals surface area contributed by atoms with Gasteiger partial charge in [0.1, 0.15) is 11.6 Å². The van der Waals surface area contributed by atoms with Gasteiger partial charge in [-0.15, -0.1) is 24.8 Å². The van der Waals surface area contributed by atoms with E-state index in [0.29, 0.717) is 17.8 Å². The molecule has 4 rings (SSSR count). The highest BCUT2D eigenvalue weighted by atomic mass is 35.5. The Kier molecular flexibility index (Phi) is 10.0. The molecule has 1 aromatic heterocycles. The monoisotopic (exact) mass is 494 g/mol. The van der Waals surface area contributed by atoms with Crippen LogP contribution in [0.4, 0.5) is 5.82 Å². The minimum atomic E-state index is 0. The number of nitrogens with zero attached hydrogens (tertiary/aromatic N) is 2. The second-order valence-corrected chi connectivity index (χ2v) is 8.23. The number of fused-ring (bicyclic) bond motifs is 1. The summed E-state index contributed by atoms with van der Waals surface area (Å²) in [5.41, 5.74) is 7.78. The van der Waals surface area contributed by atoms with Gasteiger partial charge in [-0.2, -0.15) is 0 Å². The van der Waals surface area contributed by atoms with Gasteiger partial charge in [0.2, 0.25) is 0 Å². The van der Waals surface area contributed by atoms with Crippen molar-refractivity contribution in [2.75, 3.05) is 19.0 Å². The number of anilines is 1. The van der Waals surface area contributed by atoms with Crippen LogP contribution in [0.15, 0.2) is 42.5 Å². The molecular formula is C24H29Cl3N4O. The van der Waals surface area contributed by atoms with Crippen molar-refractivity contribution >= 4 is 65.3 Å². The second kappa shape index (κ2) is 12.3. The van der Waals surface area contributed by atoms with Crippen molar-refractivity contribution in [1.82, 2.24) is 9.97 Å². The van der Waals surface area contributed by atoms with Crippen LogP contribution in [0.25, 0.3) is 23.1 Å². The number of nitrogens with one attached hydrogen (secondary N) is 1. The highest BCUT2D eigenvalue weighted by molar-refractivity contribution is 6.30. The molecule has 3 aromatic rings. The Morgan fingerprint density at radius 3 is 2.41 bits per heavy atom. The van der Waals surface area contributed by atoms with Crippen molar-refractivity contribution in [3.63, 3.8) is 0 Å². The van der Waals surface area contributed by atoms with E-state index >= 15 is 0 Å². The maximum atomic E-state index is 5.98. The summed E-state index contributed by atoms with van der Waals surface area (Å²) in [7, 11) is 1.67. The van der Waals surface area contributed by atoms with E-state index in [0.717, 1.165) is 65.3 Å². The van der Waals surface area contributed by atoms with Gasteiger partial charge in [-0.3, -0.25) is 0 Å². The van der Waals surface area contributed by atoms with Gasteiger partial charge < -0.3 is 15.8 Å². The van der Waals surface area contributed by atoms with Crippen molar-refractivity contribution in [3.8, 4) is 5.75 Å². The molecule has 1 fully saturated rings. The van der Waals surface area contributed by atoms with Gasteiger partial charge in [0.15, 0.2) is 5.82 Å². The number of aromatic nitrogens is 2. The van der Waals surface area contributed by atoms with E-state index < -0.39 is 0 Å². The number of halogens is 3. The zero-order valence-corrected chi connectivity index (χ0v) is 20.3. The van der Waals surface area contributed by atoms with Crippen LogP contribution in [0, 0.1) is 5.92 Å². The number of methoxy groups -OCH3 is 1. The van der Waals surface area contributed by atoms with E-state index in [1.165, 1.54) is 0 Å². The summed E-state index contributed by atoms with van der Waals surface area (Å²) in [5, 5.41) is 5.36. The molecular weight excluding hydrogens is 467 g/mol. The molecule has 0 unspecified atom stereocenters. The topological polar surface area (TPSA) is 73.1 Å². The van der Waals surface area contributed by atoms with Crippen LogP contribution in [0.1, 0.15) is 37.1 Å². The van der Waals surface area contributed by atoms with E-state index in [1.807, 2.05) is 54.6 Å². The predicted molar refractivity (Wildman–Crippen MR) is 139 cm³/mol. The van der Waals surface area contributed by atoms with Gasteiger partial charge >= 0.3 is 0 Å². The van der Waals surface area contributed by atoms with Gasteiger partial charge in [-0.05, 0) is 80.1 Å². The molecule has 1 saturated carbocycles. The zero-order valence-electron chi connectivity index (χ0n) is 18.0. The summed E-state index contributed by atoms with van der Waals surface area (Å²) in [6, 6.07) is 14.0. The van der Waals surface area contributed by atoms with Gasteiger partial charge in [0.05, 0.1) is 12.6 Å². The lowest BCUT2D eigenvalue weighted by atomic mass is 9.86. The summed E-state index contributed by atoms with van der Waals surface area (Å²) < 4.78 is 5.42.